The number of nitrogens with zero attached hydrogens (tertiary/aromatic N) is 2. The van der Waals surface area contributed by atoms with Gasteiger partial charge in [0.25, 0.3) is 0 Å². The quantitative estimate of drug-likeness (QED) is 0.546. The molecule has 0 radical (unpaired) electrons. The number of hydrogen-bond donors (Lipinski definition) is 2. The third kappa shape index (κ3) is 7.70. The molecule has 1 aromatic heterocycles. The Hall–Kier alpha value is -1.28. The predicted molar refractivity (Wildman–Crippen MR) is 112 cm³/mol. The molecule has 1 saturated carbocycles. The minimum absolute atomic E-state index is 0.0633. The molecule has 8 heteroatoms. The van der Waals surface area contributed by atoms with Crippen molar-refractivity contribution in [2.45, 2.75) is 69.5 Å². The zero-order valence-electron chi connectivity index (χ0n) is 16.4. The molecule has 1 heterocycles. The number of carbonyl (C=O) groups is 2. The lowest BCUT2D eigenvalue weighted by atomic mass is 9.86. The smallest absolute Gasteiger partial charge is 0.323 e. The first-order valence-corrected chi connectivity index (χ1v) is 11.5. The number of urea groups is 1. The third-order valence-electron chi connectivity index (χ3n) is 4.89. The summed E-state index contributed by atoms with van der Waals surface area (Å²) in [6.07, 6.45) is 7.31. The number of aromatic nitrogens is 1. The van der Waals surface area contributed by atoms with Gasteiger partial charge in [0, 0.05) is 18.3 Å². The van der Waals surface area contributed by atoms with Crippen LogP contribution in [-0.2, 0) is 4.79 Å². The fraction of sp³-hybridized carbons (Fsp3) is 0.737. The number of rotatable bonds is 9. The van der Waals surface area contributed by atoms with E-state index >= 15 is 0 Å². The highest BCUT2D eigenvalue weighted by molar-refractivity contribution is 8.01. The number of aliphatic carboxylic acids is 1. The average Bonchev–Trinajstić information content (AvgIpc) is 3.03. The summed E-state index contributed by atoms with van der Waals surface area (Å²) in [5.74, 6) is 1.01. The second kappa shape index (κ2) is 10.9. The lowest BCUT2D eigenvalue weighted by Crippen LogP contribution is -2.45. The molecule has 1 aliphatic carbocycles. The van der Waals surface area contributed by atoms with E-state index in [2.05, 4.69) is 31.1 Å². The predicted octanol–water partition coefficient (Wildman–Crippen LogP) is 5.17. The summed E-state index contributed by atoms with van der Waals surface area (Å²) in [5, 5.41) is 12.3. The average molecular weight is 414 g/mol. The molecule has 1 aliphatic rings. The number of anilines is 1. The Kier molecular flexibility index (Phi) is 8.89. The minimum atomic E-state index is -0.803. The van der Waals surface area contributed by atoms with Gasteiger partial charge in [0.05, 0.1) is 16.8 Å². The molecule has 0 spiro atoms. The molecule has 0 aromatic carbocycles. The molecular weight excluding hydrogens is 382 g/mol. The summed E-state index contributed by atoms with van der Waals surface area (Å²) in [6.45, 7) is 7.42. The topological polar surface area (TPSA) is 82.5 Å². The van der Waals surface area contributed by atoms with Crippen LogP contribution >= 0.6 is 23.1 Å². The summed E-state index contributed by atoms with van der Waals surface area (Å²) >= 11 is 2.86. The van der Waals surface area contributed by atoms with Crippen LogP contribution in [0.4, 0.5) is 9.93 Å². The molecular formula is C19H31N3O3S2. The highest BCUT2D eigenvalue weighted by Crippen LogP contribution is 2.30. The normalized spacial score (nSPS) is 19.9. The number of carboxylic acids is 1. The van der Waals surface area contributed by atoms with Crippen LogP contribution < -0.4 is 5.32 Å². The molecule has 6 nitrogen and oxygen atoms in total. The van der Waals surface area contributed by atoms with E-state index in [0.717, 1.165) is 35.9 Å². The number of carbonyl (C=O) groups excluding carboxylic acids is 1. The SMILES string of the molecule is CC(C)CCN(C(=O)Nc1ncc(SCCC(=O)O)s1)C1CCC(C)CC1. The Labute approximate surface area is 170 Å². The Bertz CT molecular complexity index is 613. The first kappa shape index (κ1) is 22.0. The van der Waals surface area contributed by atoms with Crippen LogP contribution in [0.25, 0.3) is 0 Å². The van der Waals surface area contributed by atoms with E-state index < -0.39 is 5.97 Å². The molecule has 0 bridgehead atoms. The Morgan fingerprint density at radius 1 is 1.37 bits per heavy atom. The molecule has 0 aliphatic heterocycles. The summed E-state index contributed by atoms with van der Waals surface area (Å²) in [7, 11) is 0. The fourth-order valence-corrected chi connectivity index (χ4v) is 5.05. The monoisotopic (exact) mass is 413 g/mol. The lowest BCUT2D eigenvalue weighted by molar-refractivity contribution is -0.136. The molecule has 0 saturated heterocycles. The number of amides is 2. The van der Waals surface area contributed by atoms with Gasteiger partial charge in [-0.3, -0.25) is 10.1 Å². The lowest BCUT2D eigenvalue weighted by Gasteiger charge is -2.36. The largest absolute Gasteiger partial charge is 0.481 e. The van der Waals surface area contributed by atoms with E-state index in [4.69, 9.17) is 5.11 Å². The van der Waals surface area contributed by atoms with Crippen molar-refractivity contribution in [2.24, 2.45) is 11.8 Å². The van der Waals surface area contributed by atoms with Gasteiger partial charge in [-0.1, -0.05) is 32.1 Å². The molecule has 2 rings (SSSR count). The van der Waals surface area contributed by atoms with Gasteiger partial charge in [0.2, 0.25) is 0 Å². The molecule has 152 valence electrons. The van der Waals surface area contributed by atoms with Crippen molar-refractivity contribution in [3.63, 3.8) is 0 Å². The Morgan fingerprint density at radius 2 is 2.07 bits per heavy atom. The molecule has 0 unspecified atom stereocenters. The molecule has 27 heavy (non-hydrogen) atoms. The fourth-order valence-electron chi connectivity index (χ4n) is 3.19. The van der Waals surface area contributed by atoms with E-state index in [-0.39, 0.29) is 12.5 Å². The zero-order valence-corrected chi connectivity index (χ0v) is 18.1. The summed E-state index contributed by atoms with van der Waals surface area (Å²) in [5.41, 5.74) is 0. The number of thioether (sulfide) groups is 1. The molecule has 2 N–H and O–H groups in total. The van der Waals surface area contributed by atoms with Crippen LogP contribution in [0.1, 0.15) is 59.3 Å². The second-order valence-electron chi connectivity index (χ2n) is 7.70. The van der Waals surface area contributed by atoms with Crippen LogP contribution in [0, 0.1) is 11.8 Å². The van der Waals surface area contributed by atoms with E-state index in [1.165, 1.54) is 35.9 Å². The van der Waals surface area contributed by atoms with Gasteiger partial charge in [-0.25, -0.2) is 9.78 Å². The van der Waals surface area contributed by atoms with Gasteiger partial charge in [-0.15, -0.1) is 11.8 Å². The number of hydrogen-bond acceptors (Lipinski definition) is 5. The number of thiazole rings is 1. The number of carboxylic acid groups (broad SMARTS) is 1. The van der Waals surface area contributed by atoms with Crippen molar-refractivity contribution < 1.29 is 14.7 Å². The van der Waals surface area contributed by atoms with Gasteiger partial charge >= 0.3 is 12.0 Å². The first-order valence-electron chi connectivity index (χ1n) is 9.73. The third-order valence-corrected chi connectivity index (χ3v) is 7.00. The van der Waals surface area contributed by atoms with E-state index in [1.807, 2.05) is 4.90 Å². The standard InChI is InChI=1S/C19H31N3O3S2/c1-13(2)8-10-22(15-6-4-14(3)5-7-15)19(25)21-18-20-12-17(27-18)26-11-9-16(23)24/h12-15H,4-11H2,1-3H3,(H,23,24)(H,20,21,25). The molecule has 1 aromatic rings. The Balaban J connectivity index is 1.94. The van der Waals surface area contributed by atoms with Crippen molar-refractivity contribution in [1.82, 2.24) is 9.88 Å². The minimum Gasteiger partial charge on any atom is -0.481 e. The summed E-state index contributed by atoms with van der Waals surface area (Å²) in [4.78, 5) is 29.8. The first-order chi connectivity index (χ1) is 12.8. The van der Waals surface area contributed by atoms with Gasteiger partial charge in [-0.2, -0.15) is 0 Å². The van der Waals surface area contributed by atoms with E-state index in [1.54, 1.807) is 6.20 Å². The van der Waals surface area contributed by atoms with Gasteiger partial charge in [0.1, 0.15) is 0 Å². The maximum absolute atomic E-state index is 12.9. The molecule has 0 atom stereocenters. The van der Waals surface area contributed by atoms with E-state index in [9.17, 15) is 9.59 Å². The van der Waals surface area contributed by atoms with Gasteiger partial charge in [-0.05, 0) is 43.9 Å². The van der Waals surface area contributed by atoms with Gasteiger partial charge in [0.15, 0.2) is 5.13 Å². The van der Waals surface area contributed by atoms with Crippen molar-refractivity contribution in [2.75, 3.05) is 17.6 Å². The van der Waals surface area contributed by atoms with Gasteiger partial charge < -0.3 is 10.0 Å². The van der Waals surface area contributed by atoms with Crippen LogP contribution in [0.2, 0.25) is 0 Å². The van der Waals surface area contributed by atoms with Crippen LogP contribution in [-0.4, -0.2) is 45.3 Å². The van der Waals surface area contributed by atoms with Crippen molar-refractivity contribution in [3.8, 4) is 0 Å². The van der Waals surface area contributed by atoms with Crippen molar-refractivity contribution in [1.29, 1.82) is 0 Å². The van der Waals surface area contributed by atoms with Crippen LogP contribution in [0.3, 0.4) is 0 Å². The summed E-state index contributed by atoms with van der Waals surface area (Å²) < 4.78 is 0.923. The highest BCUT2D eigenvalue weighted by atomic mass is 32.2. The van der Waals surface area contributed by atoms with E-state index in [0.29, 0.717) is 22.8 Å². The second-order valence-corrected chi connectivity index (χ2v) is 10.1. The van der Waals surface area contributed by atoms with Crippen molar-refractivity contribution >= 4 is 40.2 Å². The highest BCUT2D eigenvalue weighted by Gasteiger charge is 2.28. The number of nitrogens with one attached hydrogen (secondary N) is 1. The zero-order chi connectivity index (χ0) is 19.8. The van der Waals surface area contributed by atoms with Crippen LogP contribution in [0.5, 0.6) is 0 Å². The molecule has 1 fully saturated rings. The molecule has 2 amide bonds. The maximum Gasteiger partial charge on any atom is 0.323 e. The summed E-state index contributed by atoms with van der Waals surface area (Å²) in [6, 6.07) is 0.246. The maximum atomic E-state index is 12.9. The Morgan fingerprint density at radius 3 is 2.70 bits per heavy atom. The van der Waals surface area contributed by atoms with Crippen LogP contribution in [0.15, 0.2) is 10.4 Å². The van der Waals surface area contributed by atoms with Crippen molar-refractivity contribution in [3.05, 3.63) is 6.20 Å².